The topological polar surface area (TPSA) is 38.3 Å². The van der Waals surface area contributed by atoms with Crippen molar-refractivity contribution in [2.75, 3.05) is 6.61 Å². The fraction of sp³-hybridized carbons (Fsp3) is 0.353. The Hall–Kier alpha value is -2.03. The summed E-state index contributed by atoms with van der Waals surface area (Å²) in [5.74, 6) is 0.662. The van der Waals surface area contributed by atoms with Crippen molar-refractivity contribution in [1.82, 2.24) is 5.32 Å². The van der Waals surface area contributed by atoms with Gasteiger partial charge in [-0.2, -0.15) is 0 Å². The van der Waals surface area contributed by atoms with E-state index in [0.29, 0.717) is 0 Å². The normalized spacial score (nSPS) is 10.8. The van der Waals surface area contributed by atoms with E-state index < -0.39 is 0 Å². The average Bonchev–Trinajstić information content (AvgIpc) is 2.50. The van der Waals surface area contributed by atoms with Crippen LogP contribution < -0.4 is 10.1 Å². The zero-order chi connectivity index (χ0) is 14.4. The third-order valence-corrected chi connectivity index (χ3v) is 3.44. The minimum atomic E-state index is -0.0631. The first kappa shape index (κ1) is 14.4. The summed E-state index contributed by atoms with van der Waals surface area (Å²) in [6.45, 7) is 4.20. The minimum absolute atomic E-state index is 0.0631. The molecule has 20 heavy (non-hydrogen) atoms. The minimum Gasteiger partial charge on any atom is -0.484 e. The van der Waals surface area contributed by atoms with Crippen LogP contribution in [0.4, 0.5) is 0 Å². The Bertz CT molecular complexity index is 576. The molecule has 1 amide bonds. The van der Waals surface area contributed by atoms with Crippen molar-refractivity contribution >= 4 is 16.7 Å². The zero-order valence-corrected chi connectivity index (χ0v) is 12.1. The van der Waals surface area contributed by atoms with Crippen LogP contribution in [-0.4, -0.2) is 18.6 Å². The van der Waals surface area contributed by atoms with Gasteiger partial charge in [-0.1, -0.05) is 44.2 Å². The Morgan fingerprint density at radius 3 is 2.50 bits per heavy atom. The zero-order valence-electron chi connectivity index (χ0n) is 12.1. The van der Waals surface area contributed by atoms with Crippen LogP contribution in [0.1, 0.15) is 26.7 Å². The first-order valence-corrected chi connectivity index (χ1v) is 7.14. The predicted molar refractivity (Wildman–Crippen MR) is 82.0 cm³/mol. The molecule has 2 aromatic rings. The van der Waals surface area contributed by atoms with E-state index >= 15 is 0 Å². The summed E-state index contributed by atoms with van der Waals surface area (Å²) in [5, 5.41) is 5.24. The first-order chi connectivity index (χ1) is 9.72. The lowest BCUT2D eigenvalue weighted by atomic mass is 10.1. The van der Waals surface area contributed by atoms with Crippen molar-refractivity contribution in [1.29, 1.82) is 0 Å². The van der Waals surface area contributed by atoms with Gasteiger partial charge in [0.1, 0.15) is 5.75 Å². The van der Waals surface area contributed by atoms with Crippen molar-refractivity contribution in [3.8, 4) is 5.75 Å². The SMILES string of the molecule is CCC(CC)NC(=O)COc1ccc2ccccc2c1. The number of hydrogen-bond donors (Lipinski definition) is 1. The number of fused-ring (bicyclic) bond motifs is 1. The third-order valence-electron chi connectivity index (χ3n) is 3.44. The molecule has 0 aliphatic carbocycles. The Kier molecular flexibility index (Phi) is 4.99. The average molecular weight is 271 g/mol. The molecule has 0 unspecified atom stereocenters. The van der Waals surface area contributed by atoms with Crippen molar-refractivity contribution in [3.63, 3.8) is 0 Å². The molecule has 0 atom stereocenters. The summed E-state index contributed by atoms with van der Waals surface area (Å²) in [6.07, 6.45) is 1.89. The van der Waals surface area contributed by atoms with Crippen molar-refractivity contribution in [3.05, 3.63) is 42.5 Å². The summed E-state index contributed by atoms with van der Waals surface area (Å²) in [5.41, 5.74) is 0. The highest BCUT2D eigenvalue weighted by Crippen LogP contribution is 2.20. The second-order valence-electron chi connectivity index (χ2n) is 4.88. The van der Waals surface area contributed by atoms with Gasteiger partial charge in [-0.05, 0) is 35.7 Å². The largest absolute Gasteiger partial charge is 0.484 e. The number of rotatable bonds is 6. The lowest BCUT2D eigenvalue weighted by Crippen LogP contribution is -2.37. The standard InChI is InChI=1S/C17H21NO2/c1-3-15(4-2)18-17(19)12-20-16-10-9-13-7-5-6-8-14(13)11-16/h5-11,15H,3-4,12H2,1-2H3,(H,18,19). The van der Waals surface area contributed by atoms with E-state index in [2.05, 4.69) is 25.2 Å². The summed E-state index contributed by atoms with van der Waals surface area (Å²) in [7, 11) is 0. The van der Waals surface area contributed by atoms with Gasteiger partial charge >= 0.3 is 0 Å². The fourth-order valence-electron chi connectivity index (χ4n) is 2.17. The van der Waals surface area contributed by atoms with Crippen LogP contribution in [0.15, 0.2) is 42.5 Å². The first-order valence-electron chi connectivity index (χ1n) is 7.14. The van der Waals surface area contributed by atoms with E-state index in [4.69, 9.17) is 4.74 Å². The summed E-state index contributed by atoms with van der Waals surface area (Å²) < 4.78 is 5.55. The lowest BCUT2D eigenvalue weighted by molar-refractivity contribution is -0.123. The van der Waals surface area contributed by atoms with Crippen LogP contribution >= 0.6 is 0 Å². The van der Waals surface area contributed by atoms with Crippen LogP contribution in [0.3, 0.4) is 0 Å². The molecule has 0 saturated heterocycles. The number of ether oxygens (including phenoxy) is 1. The number of nitrogens with one attached hydrogen (secondary N) is 1. The van der Waals surface area contributed by atoms with Crippen molar-refractivity contribution < 1.29 is 9.53 Å². The molecule has 0 aliphatic rings. The van der Waals surface area contributed by atoms with Crippen LogP contribution in [0.5, 0.6) is 5.75 Å². The van der Waals surface area contributed by atoms with Gasteiger partial charge in [-0.15, -0.1) is 0 Å². The molecule has 3 nitrogen and oxygen atoms in total. The van der Waals surface area contributed by atoms with Crippen LogP contribution in [0.25, 0.3) is 10.8 Å². The van der Waals surface area contributed by atoms with Crippen molar-refractivity contribution in [2.24, 2.45) is 0 Å². The molecule has 0 fully saturated rings. The molecule has 1 N–H and O–H groups in total. The number of carbonyl (C=O) groups excluding carboxylic acids is 1. The highest BCUT2D eigenvalue weighted by Gasteiger charge is 2.08. The number of hydrogen-bond acceptors (Lipinski definition) is 2. The molecular formula is C17H21NO2. The molecule has 106 valence electrons. The van der Waals surface area contributed by atoms with E-state index in [1.807, 2.05) is 36.4 Å². The molecule has 0 aliphatic heterocycles. The molecule has 2 aromatic carbocycles. The molecule has 0 spiro atoms. The van der Waals surface area contributed by atoms with Gasteiger partial charge in [0, 0.05) is 6.04 Å². The summed E-state index contributed by atoms with van der Waals surface area (Å²) in [4.78, 5) is 11.8. The van der Waals surface area contributed by atoms with Gasteiger partial charge in [0.05, 0.1) is 0 Å². The van der Waals surface area contributed by atoms with Gasteiger partial charge in [0.2, 0.25) is 0 Å². The van der Waals surface area contributed by atoms with Gasteiger partial charge in [0.25, 0.3) is 5.91 Å². The fourth-order valence-corrected chi connectivity index (χ4v) is 2.17. The van der Waals surface area contributed by atoms with E-state index in [1.165, 1.54) is 5.39 Å². The Labute approximate surface area is 119 Å². The molecule has 3 heteroatoms. The smallest absolute Gasteiger partial charge is 0.258 e. The summed E-state index contributed by atoms with van der Waals surface area (Å²) in [6, 6.07) is 14.2. The maximum Gasteiger partial charge on any atom is 0.258 e. The number of benzene rings is 2. The maximum absolute atomic E-state index is 11.8. The maximum atomic E-state index is 11.8. The molecule has 0 saturated carbocycles. The Morgan fingerprint density at radius 2 is 1.80 bits per heavy atom. The summed E-state index contributed by atoms with van der Waals surface area (Å²) >= 11 is 0. The van der Waals surface area contributed by atoms with Crippen molar-refractivity contribution in [2.45, 2.75) is 32.7 Å². The lowest BCUT2D eigenvalue weighted by Gasteiger charge is -2.15. The Balaban J connectivity index is 1.93. The molecule has 0 bridgehead atoms. The van der Waals surface area contributed by atoms with Crippen LogP contribution in [-0.2, 0) is 4.79 Å². The molecule has 0 radical (unpaired) electrons. The second-order valence-corrected chi connectivity index (χ2v) is 4.88. The Morgan fingerprint density at radius 1 is 1.10 bits per heavy atom. The van der Waals surface area contributed by atoms with Crippen LogP contribution in [0, 0.1) is 0 Å². The van der Waals surface area contributed by atoms with E-state index in [-0.39, 0.29) is 18.6 Å². The number of amides is 1. The third kappa shape index (κ3) is 3.73. The monoisotopic (exact) mass is 271 g/mol. The van der Waals surface area contributed by atoms with Gasteiger partial charge in [0.15, 0.2) is 6.61 Å². The van der Waals surface area contributed by atoms with E-state index in [1.54, 1.807) is 0 Å². The quantitative estimate of drug-likeness (QED) is 0.873. The van der Waals surface area contributed by atoms with Gasteiger partial charge in [-0.25, -0.2) is 0 Å². The molecule has 0 aromatic heterocycles. The predicted octanol–water partition coefficient (Wildman–Crippen LogP) is 3.52. The number of carbonyl (C=O) groups is 1. The van der Waals surface area contributed by atoms with E-state index in [9.17, 15) is 4.79 Å². The van der Waals surface area contributed by atoms with Gasteiger partial charge in [-0.3, -0.25) is 4.79 Å². The highest BCUT2D eigenvalue weighted by molar-refractivity contribution is 5.84. The van der Waals surface area contributed by atoms with E-state index in [0.717, 1.165) is 24.0 Å². The molecule has 0 heterocycles. The second kappa shape index (κ2) is 6.94. The van der Waals surface area contributed by atoms with Gasteiger partial charge < -0.3 is 10.1 Å². The highest BCUT2D eigenvalue weighted by atomic mass is 16.5. The molecular weight excluding hydrogens is 250 g/mol. The van der Waals surface area contributed by atoms with Crippen LogP contribution in [0.2, 0.25) is 0 Å². The molecule has 2 rings (SSSR count).